The van der Waals surface area contributed by atoms with Gasteiger partial charge in [-0.15, -0.1) is 0 Å². The fourth-order valence-corrected chi connectivity index (χ4v) is 3.45. The van der Waals surface area contributed by atoms with E-state index in [4.69, 9.17) is 5.73 Å². The van der Waals surface area contributed by atoms with Gasteiger partial charge >= 0.3 is 0 Å². The number of halogens is 2. The summed E-state index contributed by atoms with van der Waals surface area (Å²) in [6.45, 7) is 1.31. The Labute approximate surface area is 162 Å². The number of hydrogen-bond donors (Lipinski definition) is 2. The zero-order valence-corrected chi connectivity index (χ0v) is 15.4. The summed E-state index contributed by atoms with van der Waals surface area (Å²) in [6.07, 6.45) is 0.690. The molecule has 1 saturated heterocycles. The first-order chi connectivity index (χ1) is 13.5. The third-order valence-electron chi connectivity index (χ3n) is 4.97. The van der Waals surface area contributed by atoms with E-state index in [1.165, 1.54) is 0 Å². The first kappa shape index (κ1) is 19.9. The highest BCUT2D eigenvalue weighted by molar-refractivity contribution is 5.94. The predicted molar refractivity (Wildman–Crippen MR) is 102 cm³/mol. The van der Waals surface area contributed by atoms with Crippen molar-refractivity contribution in [1.82, 2.24) is 10.2 Å². The van der Waals surface area contributed by atoms with Crippen LogP contribution in [0.3, 0.4) is 0 Å². The molecule has 7 heteroatoms. The molecule has 0 radical (unpaired) electrons. The molecule has 0 aliphatic carbocycles. The lowest BCUT2D eigenvalue weighted by Crippen LogP contribution is -2.33. The summed E-state index contributed by atoms with van der Waals surface area (Å²) in [5.41, 5.74) is 7.12. The number of hydrogen-bond acceptors (Lipinski definition) is 3. The van der Waals surface area contributed by atoms with Crippen LogP contribution in [0.15, 0.2) is 48.5 Å². The van der Waals surface area contributed by atoms with Crippen molar-refractivity contribution in [1.29, 1.82) is 0 Å². The molecule has 2 aromatic carbocycles. The molecule has 0 saturated carbocycles. The number of carbonyl (C=O) groups is 2. The van der Waals surface area contributed by atoms with Crippen molar-refractivity contribution in [2.75, 3.05) is 19.6 Å². The fourth-order valence-electron chi connectivity index (χ4n) is 3.45. The molecule has 0 spiro atoms. The molecule has 3 N–H and O–H groups in total. The van der Waals surface area contributed by atoms with Gasteiger partial charge in [-0.3, -0.25) is 9.59 Å². The molecule has 1 aliphatic heterocycles. The van der Waals surface area contributed by atoms with Crippen LogP contribution in [-0.2, 0) is 4.79 Å². The number of nitrogens with two attached hydrogens (primary N) is 1. The molecule has 1 aliphatic rings. The number of amides is 2. The Bertz CT molecular complexity index is 845. The quantitative estimate of drug-likeness (QED) is 0.748. The second-order valence-corrected chi connectivity index (χ2v) is 6.96. The van der Waals surface area contributed by atoms with Crippen LogP contribution in [0.5, 0.6) is 0 Å². The van der Waals surface area contributed by atoms with Crippen molar-refractivity contribution in [3.8, 4) is 0 Å². The molecule has 0 aromatic heterocycles. The van der Waals surface area contributed by atoms with Gasteiger partial charge in [-0.05, 0) is 24.1 Å². The van der Waals surface area contributed by atoms with Crippen molar-refractivity contribution in [3.05, 3.63) is 71.3 Å². The SMILES string of the molecule is N[C@@H]1CN(C(=O)CCCNC(=O)c2ccc(F)cc2F)C[C@H]1c1ccccc1. The standard InChI is InChI=1S/C21H23F2N3O2/c22-15-8-9-16(18(23)11-15)21(28)25-10-4-7-20(27)26-12-17(19(24)13-26)14-5-2-1-3-6-14/h1-3,5-6,8-9,11,17,19H,4,7,10,12-13,24H2,(H,25,28)/t17-,19+/m0/s1. The Morgan fingerprint density at radius 1 is 1.11 bits per heavy atom. The minimum atomic E-state index is -0.911. The molecule has 2 aromatic rings. The number of rotatable bonds is 6. The Balaban J connectivity index is 1.44. The molecular formula is C21H23F2N3O2. The van der Waals surface area contributed by atoms with Crippen LogP contribution in [0.2, 0.25) is 0 Å². The van der Waals surface area contributed by atoms with Gasteiger partial charge in [0.1, 0.15) is 11.6 Å². The first-order valence-corrected chi connectivity index (χ1v) is 9.27. The smallest absolute Gasteiger partial charge is 0.254 e. The Morgan fingerprint density at radius 2 is 1.86 bits per heavy atom. The van der Waals surface area contributed by atoms with E-state index in [-0.39, 0.29) is 36.4 Å². The van der Waals surface area contributed by atoms with Crippen molar-refractivity contribution in [2.45, 2.75) is 24.8 Å². The lowest BCUT2D eigenvalue weighted by Gasteiger charge is -2.16. The highest BCUT2D eigenvalue weighted by atomic mass is 19.1. The molecular weight excluding hydrogens is 364 g/mol. The molecule has 148 valence electrons. The maximum atomic E-state index is 13.6. The van der Waals surface area contributed by atoms with E-state index in [1.807, 2.05) is 30.3 Å². The maximum Gasteiger partial charge on any atom is 0.254 e. The molecule has 3 rings (SSSR count). The van der Waals surface area contributed by atoms with E-state index in [9.17, 15) is 18.4 Å². The van der Waals surface area contributed by atoms with Crippen LogP contribution >= 0.6 is 0 Å². The lowest BCUT2D eigenvalue weighted by molar-refractivity contribution is -0.130. The zero-order chi connectivity index (χ0) is 20.1. The normalized spacial score (nSPS) is 18.9. The molecule has 1 fully saturated rings. The molecule has 2 amide bonds. The van der Waals surface area contributed by atoms with Gasteiger partial charge in [0, 0.05) is 44.1 Å². The highest BCUT2D eigenvalue weighted by Gasteiger charge is 2.33. The van der Waals surface area contributed by atoms with Gasteiger partial charge in [0.15, 0.2) is 0 Å². The second kappa shape index (κ2) is 8.93. The number of benzene rings is 2. The molecule has 28 heavy (non-hydrogen) atoms. The Kier molecular flexibility index (Phi) is 6.36. The third-order valence-corrected chi connectivity index (χ3v) is 4.97. The summed E-state index contributed by atoms with van der Waals surface area (Å²) in [7, 11) is 0. The fraction of sp³-hybridized carbons (Fsp3) is 0.333. The molecule has 0 unspecified atom stereocenters. The summed E-state index contributed by atoms with van der Waals surface area (Å²) in [4.78, 5) is 26.1. The summed E-state index contributed by atoms with van der Waals surface area (Å²) < 4.78 is 26.5. The van der Waals surface area contributed by atoms with E-state index in [1.54, 1.807) is 4.90 Å². The zero-order valence-electron chi connectivity index (χ0n) is 15.4. The van der Waals surface area contributed by atoms with E-state index < -0.39 is 17.5 Å². The van der Waals surface area contributed by atoms with Crippen molar-refractivity contribution in [3.63, 3.8) is 0 Å². The number of carbonyl (C=O) groups excluding carboxylic acids is 2. The van der Waals surface area contributed by atoms with Crippen molar-refractivity contribution in [2.24, 2.45) is 5.73 Å². The van der Waals surface area contributed by atoms with Gasteiger partial charge in [0.25, 0.3) is 5.91 Å². The molecule has 2 atom stereocenters. The Hall–Kier alpha value is -2.80. The highest BCUT2D eigenvalue weighted by Crippen LogP contribution is 2.26. The van der Waals surface area contributed by atoms with E-state index in [0.717, 1.165) is 17.7 Å². The van der Waals surface area contributed by atoms with Gasteiger partial charge in [0.2, 0.25) is 5.91 Å². The van der Waals surface area contributed by atoms with Crippen LogP contribution in [-0.4, -0.2) is 42.4 Å². The minimum absolute atomic E-state index is 0.0175. The van der Waals surface area contributed by atoms with Crippen molar-refractivity contribution >= 4 is 11.8 Å². The molecule has 1 heterocycles. The van der Waals surface area contributed by atoms with Crippen LogP contribution in [0.25, 0.3) is 0 Å². The van der Waals surface area contributed by atoms with E-state index in [2.05, 4.69) is 5.32 Å². The van der Waals surface area contributed by atoms with Gasteiger partial charge in [-0.25, -0.2) is 8.78 Å². The summed E-state index contributed by atoms with van der Waals surface area (Å²) >= 11 is 0. The van der Waals surface area contributed by atoms with E-state index in [0.29, 0.717) is 25.6 Å². The number of nitrogens with one attached hydrogen (secondary N) is 1. The summed E-state index contributed by atoms with van der Waals surface area (Å²) in [5.74, 6) is -2.18. The van der Waals surface area contributed by atoms with Gasteiger partial charge in [-0.1, -0.05) is 30.3 Å². The average molecular weight is 387 g/mol. The maximum absolute atomic E-state index is 13.6. The lowest BCUT2D eigenvalue weighted by atomic mass is 9.95. The molecule has 5 nitrogen and oxygen atoms in total. The summed E-state index contributed by atoms with van der Waals surface area (Å²) in [6, 6.07) is 12.6. The van der Waals surface area contributed by atoms with Crippen LogP contribution in [0.4, 0.5) is 8.78 Å². The second-order valence-electron chi connectivity index (χ2n) is 6.96. The van der Waals surface area contributed by atoms with Crippen LogP contribution in [0, 0.1) is 11.6 Å². The van der Waals surface area contributed by atoms with Gasteiger partial charge in [0.05, 0.1) is 5.56 Å². The first-order valence-electron chi connectivity index (χ1n) is 9.27. The summed E-state index contributed by atoms with van der Waals surface area (Å²) in [5, 5.41) is 2.55. The topological polar surface area (TPSA) is 75.4 Å². The average Bonchev–Trinajstić information content (AvgIpc) is 3.07. The van der Waals surface area contributed by atoms with Crippen LogP contribution in [0.1, 0.15) is 34.7 Å². The molecule has 0 bridgehead atoms. The number of nitrogens with zero attached hydrogens (tertiary/aromatic N) is 1. The van der Waals surface area contributed by atoms with Gasteiger partial charge < -0.3 is 16.0 Å². The number of likely N-dealkylation sites (tertiary alicyclic amines) is 1. The van der Waals surface area contributed by atoms with E-state index >= 15 is 0 Å². The van der Waals surface area contributed by atoms with Gasteiger partial charge in [-0.2, -0.15) is 0 Å². The largest absolute Gasteiger partial charge is 0.352 e. The predicted octanol–water partition coefficient (Wildman–Crippen LogP) is 2.43. The van der Waals surface area contributed by atoms with Crippen molar-refractivity contribution < 1.29 is 18.4 Å². The third kappa shape index (κ3) is 4.72. The monoisotopic (exact) mass is 387 g/mol. The van der Waals surface area contributed by atoms with Crippen LogP contribution < -0.4 is 11.1 Å². The Morgan fingerprint density at radius 3 is 2.57 bits per heavy atom. The minimum Gasteiger partial charge on any atom is -0.352 e.